The van der Waals surface area contributed by atoms with Gasteiger partial charge in [-0.15, -0.1) is 0 Å². The lowest BCUT2D eigenvalue weighted by Crippen LogP contribution is -2.37. The highest BCUT2D eigenvalue weighted by molar-refractivity contribution is 9.10. The maximum Gasteiger partial charge on any atom is 0.133 e. The molecule has 5 heteroatoms. The van der Waals surface area contributed by atoms with Crippen LogP contribution in [-0.2, 0) is 24.2 Å². The van der Waals surface area contributed by atoms with Crippen LogP contribution in [0.4, 0.5) is 0 Å². The number of aromatic nitrogens is 2. The molecular weight excluding hydrogens is 308 g/mol. The number of nitrogens with zero attached hydrogens (tertiary/aromatic N) is 2. The Kier molecular flexibility index (Phi) is 4.46. The monoisotopic (exact) mass is 328 g/mol. The van der Waals surface area contributed by atoms with E-state index in [1.54, 1.807) is 0 Å². The van der Waals surface area contributed by atoms with Gasteiger partial charge in [-0.25, -0.2) is 0 Å². The van der Waals surface area contributed by atoms with Crippen molar-refractivity contribution in [2.45, 2.75) is 64.5 Å². The topological polar surface area (TPSA) is 55.1 Å². The van der Waals surface area contributed by atoms with E-state index in [0.29, 0.717) is 32.1 Å². The Morgan fingerprint density at radius 2 is 2.00 bits per heavy atom. The Morgan fingerprint density at radius 3 is 2.53 bits per heavy atom. The molecule has 0 bridgehead atoms. The molecule has 0 aromatic carbocycles. The van der Waals surface area contributed by atoms with Gasteiger partial charge in [-0.05, 0) is 42.1 Å². The Labute approximate surface area is 122 Å². The van der Waals surface area contributed by atoms with Crippen LogP contribution in [0, 0.1) is 0 Å². The van der Waals surface area contributed by atoms with Crippen LogP contribution in [0.1, 0.15) is 50.9 Å². The summed E-state index contributed by atoms with van der Waals surface area (Å²) in [7, 11) is 0. The second-order valence-electron chi connectivity index (χ2n) is 5.32. The minimum absolute atomic E-state index is 0.266. The van der Waals surface area contributed by atoms with Gasteiger partial charge in [0, 0.05) is 25.8 Å². The Hall–Kier alpha value is -0.680. The van der Waals surface area contributed by atoms with Gasteiger partial charge < -0.3 is 5.11 Å². The molecule has 19 heavy (non-hydrogen) atoms. The molecule has 0 amide bonds. The molecular formula is C14H21BrN2O2. The molecule has 1 aromatic rings. The number of aryl methyl sites for hydroxylation is 2. The molecule has 1 aliphatic carbocycles. The summed E-state index contributed by atoms with van der Waals surface area (Å²) in [5, 5.41) is 15.2. The lowest BCUT2D eigenvalue weighted by atomic mass is 9.81. The number of hydrogen-bond donors (Lipinski definition) is 1. The first-order valence-electron chi connectivity index (χ1n) is 6.97. The highest BCUT2D eigenvalue weighted by atomic mass is 79.9. The highest BCUT2D eigenvalue weighted by Crippen LogP contribution is 2.33. The van der Waals surface area contributed by atoms with E-state index in [-0.39, 0.29) is 5.78 Å². The van der Waals surface area contributed by atoms with Crippen LogP contribution in [0.2, 0.25) is 0 Å². The van der Waals surface area contributed by atoms with Crippen molar-refractivity contribution in [1.29, 1.82) is 0 Å². The average molecular weight is 329 g/mol. The van der Waals surface area contributed by atoms with Crippen molar-refractivity contribution in [3.8, 4) is 0 Å². The first kappa shape index (κ1) is 14.7. The van der Waals surface area contributed by atoms with Gasteiger partial charge in [-0.1, -0.05) is 6.92 Å². The Morgan fingerprint density at radius 1 is 1.37 bits per heavy atom. The van der Waals surface area contributed by atoms with Gasteiger partial charge in [0.15, 0.2) is 0 Å². The van der Waals surface area contributed by atoms with Crippen molar-refractivity contribution in [2.24, 2.45) is 0 Å². The largest absolute Gasteiger partial charge is 0.389 e. The van der Waals surface area contributed by atoms with Gasteiger partial charge in [0.1, 0.15) is 5.78 Å². The SMILES string of the molecule is CCc1nn(CC)c(CC2(O)CCC(=O)CC2)c1Br. The molecule has 106 valence electrons. The van der Waals surface area contributed by atoms with E-state index in [9.17, 15) is 9.90 Å². The number of rotatable bonds is 4. The number of halogens is 1. The van der Waals surface area contributed by atoms with Gasteiger partial charge in [-0.3, -0.25) is 9.48 Å². The van der Waals surface area contributed by atoms with Crippen molar-refractivity contribution in [3.63, 3.8) is 0 Å². The standard InChI is InChI=1S/C14H21BrN2O2/c1-3-11-13(15)12(17(4-2)16-11)9-14(19)7-5-10(18)6-8-14/h19H,3-9H2,1-2H3. The first-order chi connectivity index (χ1) is 8.99. The zero-order valence-corrected chi connectivity index (χ0v) is 13.2. The quantitative estimate of drug-likeness (QED) is 0.924. The predicted molar refractivity (Wildman–Crippen MR) is 77.1 cm³/mol. The third kappa shape index (κ3) is 3.08. The number of carbonyl (C=O) groups is 1. The van der Waals surface area contributed by atoms with E-state index >= 15 is 0 Å². The molecule has 0 aliphatic heterocycles. The van der Waals surface area contributed by atoms with Crippen LogP contribution in [0.3, 0.4) is 0 Å². The molecule has 0 radical (unpaired) electrons. The molecule has 0 spiro atoms. The summed E-state index contributed by atoms with van der Waals surface area (Å²) in [4.78, 5) is 11.3. The summed E-state index contributed by atoms with van der Waals surface area (Å²) in [6.45, 7) is 4.92. The van der Waals surface area contributed by atoms with E-state index in [0.717, 1.165) is 28.8 Å². The summed E-state index contributed by atoms with van der Waals surface area (Å²) in [6.07, 6.45) is 3.56. The van der Waals surface area contributed by atoms with Gasteiger partial charge in [0.25, 0.3) is 0 Å². The number of aliphatic hydroxyl groups is 1. The van der Waals surface area contributed by atoms with Crippen molar-refractivity contribution >= 4 is 21.7 Å². The summed E-state index contributed by atoms with van der Waals surface area (Å²) in [5.74, 6) is 0.266. The number of Topliss-reactive ketones (excluding diaryl/α,β-unsaturated/α-hetero) is 1. The molecule has 2 rings (SSSR count). The van der Waals surface area contributed by atoms with Gasteiger partial charge in [0.2, 0.25) is 0 Å². The molecule has 1 fully saturated rings. The van der Waals surface area contributed by atoms with Crippen molar-refractivity contribution in [1.82, 2.24) is 9.78 Å². The van der Waals surface area contributed by atoms with Crippen LogP contribution in [-0.4, -0.2) is 26.3 Å². The number of ketones is 1. The maximum absolute atomic E-state index is 11.3. The van der Waals surface area contributed by atoms with Crippen LogP contribution < -0.4 is 0 Å². The summed E-state index contributed by atoms with van der Waals surface area (Å²) in [5.41, 5.74) is 1.33. The second kappa shape index (κ2) is 5.75. The van der Waals surface area contributed by atoms with Crippen LogP contribution >= 0.6 is 15.9 Å². The Balaban J connectivity index is 2.22. The van der Waals surface area contributed by atoms with E-state index < -0.39 is 5.60 Å². The van der Waals surface area contributed by atoms with E-state index in [1.807, 2.05) is 4.68 Å². The fourth-order valence-electron chi connectivity index (χ4n) is 2.67. The smallest absolute Gasteiger partial charge is 0.133 e. The zero-order chi connectivity index (χ0) is 14.0. The summed E-state index contributed by atoms with van der Waals surface area (Å²) >= 11 is 3.60. The molecule has 4 nitrogen and oxygen atoms in total. The van der Waals surface area contributed by atoms with E-state index in [1.165, 1.54) is 0 Å². The fraction of sp³-hybridized carbons (Fsp3) is 0.714. The van der Waals surface area contributed by atoms with Gasteiger partial charge >= 0.3 is 0 Å². The van der Waals surface area contributed by atoms with Crippen LogP contribution in [0.5, 0.6) is 0 Å². The van der Waals surface area contributed by atoms with E-state index in [4.69, 9.17) is 0 Å². The highest BCUT2D eigenvalue weighted by Gasteiger charge is 2.34. The normalized spacial score (nSPS) is 18.8. The summed E-state index contributed by atoms with van der Waals surface area (Å²) in [6, 6.07) is 0. The molecule has 1 N–H and O–H groups in total. The molecule has 1 aliphatic rings. The first-order valence-corrected chi connectivity index (χ1v) is 7.76. The molecule has 0 saturated heterocycles. The van der Waals surface area contributed by atoms with Crippen molar-refractivity contribution in [2.75, 3.05) is 0 Å². The molecule has 0 unspecified atom stereocenters. The van der Waals surface area contributed by atoms with E-state index in [2.05, 4.69) is 34.9 Å². The Bertz CT molecular complexity index is 472. The minimum Gasteiger partial charge on any atom is -0.389 e. The molecule has 1 aromatic heterocycles. The van der Waals surface area contributed by atoms with Gasteiger partial charge in [0.05, 0.1) is 21.5 Å². The number of hydrogen-bond acceptors (Lipinski definition) is 3. The lowest BCUT2D eigenvalue weighted by molar-refractivity contribution is -0.125. The minimum atomic E-state index is -0.756. The predicted octanol–water partition coefficient (Wildman–Crippen LogP) is 2.64. The van der Waals surface area contributed by atoms with Crippen LogP contribution in [0.15, 0.2) is 4.47 Å². The average Bonchev–Trinajstić information content (AvgIpc) is 2.70. The second-order valence-corrected chi connectivity index (χ2v) is 6.11. The van der Waals surface area contributed by atoms with Crippen molar-refractivity contribution < 1.29 is 9.90 Å². The van der Waals surface area contributed by atoms with Gasteiger partial charge in [-0.2, -0.15) is 5.10 Å². The third-order valence-electron chi connectivity index (χ3n) is 3.93. The van der Waals surface area contributed by atoms with Crippen molar-refractivity contribution in [3.05, 3.63) is 15.9 Å². The summed E-state index contributed by atoms with van der Waals surface area (Å²) < 4.78 is 2.97. The fourth-order valence-corrected chi connectivity index (χ4v) is 3.37. The molecule has 0 atom stereocenters. The van der Waals surface area contributed by atoms with Crippen LogP contribution in [0.25, 0.3) is 0 Å². The third-order valence-corrected chi connectivity index (χ3v) is 4.84. The maximum atomic E-state index is 11.3. The molecule has 1 saturated carbocycles. The lowest BCUT2D eigenvalue weighted by Gasteiger charge is -2.31. The zero-order valence-electron chi connectivity index (χ0n) is 11.6. The molecule has 1 heterocycles. The number of carbonyl (C=O) groups excluding carboxylic acids is 1.